The summed E-state index contributed by atoms with van der Waals surface area (Å²) >= 11 is 1.01. The minimum atomic E-state index is -0.504. The maximum Gasteiger partial charge on any atom is 0.350 e. The van der Waals surface area contributed by atoms with E-state index in [4.69, 9.17) is 18.9 Å². The number of hydrogen-bond acceptors (Lipinski definition) is 11. The van der Waals surface area contributed by atoms with Gasteiger partial charge in [0.2, 0.25) is 23.0 Å². The van der Waals surface area contributed by atoms with Crippen LogP contribution in [-0.4, -0.2) is 57.2 Å². The van der Waals surface area contributed by atoms with Crippen molar-refractivity contribution in [2.75, 3.05) is 45.1 Å². The normalized spacial score (nSPS) is 13.5. The van der Waals surface area contributed by atoms with Gasteiger partial charge in [0.25, 0.3) is 0 Å². The zero-order chi connectivity index (χ0) is 31.3. The van der Waals surface area contributed by atoms with E-state index in [0.29, 0.717) is 51.8 Å². The van der Waals surface area contributed by atoms with E-state index >= 15 is 0 Å². The Morgan fingerprint density at radius 1 is 1.07 bits per heavy atom. The molecule has 1 aliphatic rings. The molecular formula is C30H34N4O8S. The van der Waals surface area contributed by atoms with E-state index in [2.05, 4.69) is 20.9 Å². The molecule has 13 heteroatoms. The van der Waals surface area contributed by atoms with Crippen LogP contribution in [-0.2, 0) is 20.7 Å². The SMILES string of the molecule is CCOC(=O)c1sc(NC(=O)CNc2ccc3c(cc2=O)C(NC(C)=O)CCc2cc(OC)c(OC)c(OC)c2-3)nc1C. The van der Waals surface area contributed by atoms with Gasteiger partial charge >= 0.3 is 5.97 Å². The third-order valence-corrected chi connectivity index (χ3v) is 7.91. The van der Waals surface area contributed by atoms with Crippen molar-refractivity contribution < 1.29 is 33.3 Å². The summed E-state index contributed by atoms with van der Waals surface area (Å²) < 4.78 is 22.0. The number of carbonyl (C=O) groups excluding carboxylic acids is 3. The molecule has 4 rings (SSSR count). The summed E-state index contributed by atoms with van der Waals surface area (Å²) in [6, 6.07) is 6.24. The smallest absolute Gasteiger partial charge is 0.350 e. The fourth-order valence-electron chi connectivity index (χ4n) is 5.03. The first kappa shape index (κ1) is 31.3. The largest absolute Gasteiger partial charge is 0.493 e. The minimum Gasteiger partial charge on any atom is -0.493 e. The fraction of sp³-hybridized carbons (Fsp3) is 0.367. The van der Waals surface area contributed by atoms with E-state index in [1.165, 1.54) is 27.2 Å². The summed E-state index contributed by atoms with van der Waals surface area (Å²) in [5.74, 6) is 0.143. The van der Waals surface area contributed by atoms with Gasteiger partial charge in [-0.15, -0.1) is 0 Å². The lowest BCUT2D eigenvalue weighted by Gasteiger charge is -2.19. The van der Waals surface area contributed by atoms with Gasteiger partial charge in [0, 0.05) is 12.5 Å². The van der Waals surface area contributed by atoms with Crippen LogP contribution < -0.4 is 35.6 Å². The number of nitrogens with one attached hydrogen (secondary N) is 3. The Hall–Kier alpha value is -4.65. The Labute approximate surface area is 252 Å². The van der Waals surface area contributed by atoms with Crippen LogP contribution in [0.2, 0.25) is 0 Å². The number of rotatable bonds is 10. The van der Waals surface area contributed by atoms with Gasteiger partial charge in [0.05, 0.1) is 51.9 Å². The summed E-state index contributed by atoms with van der Waals surface area (Å²) in [4.78, 5) is 54.9. The first-order valence-corrected chi connectivity index (χ1v) is 14.4. The van der Waals surface area contributed by atoms with Crippen LogP contribution in [0.5, 0.6) is 17.2 Å². The highest BCUT2D eigenvalue weighted by atomic mass is 32.1. The quantitative estimate of drug-likeness (QED) is 0.288. The molecule has 1 unspecified atom stereocenters. The van der Waals surface area contributed by atoms with E-state index in [1.807, 2.05) is 6.07 Å². The maximum atomic E-state index is 13.4. The number of benzene rings is 1. The summed E-state index contributed by atoms with van der Waals surface area (Å²) in [5, 5.41) is 8.76. The lowest BCUT2D eigenvalue weighted by Crippen LogP contribution is -2.27. The number of aromatic nitrogens is 1. The van der Waals surface area contributed by atoms with Gasteiger partial charge in [-0.05, 0) is 61.6 Å². The first-order valence-electron chi connectivity index (χ1n) is 13.6. The highest BCUT2D eigenvalue weighted by Gasteiger charge is 2.29. The molecule has 1 aromatic heterocycles. The monoisotopic (exact) mass is 610 g/mol. The Bertz CT molecular complexity index is 1620. The lowest BCUT2D eigenvalue weighted by molar-refractivity contribution is -0.119. The van der Waals surface area contributed by atoms with Gasteiger partial charge in [-0.3, -0.25) is 14.4 Å². The molecule has 1 heterocycles. The van der Waals surface area contributed by atoms with Gasteiger partial charge in [-0.1, -0.05) is 17.4 Å². The zero-order valence-electron chi connectivity index (χ0n) is 24.8. The summed E-state index contributed by atoms with van der Waals surface area (Å²) in [5.41, 5.74) is 3.14. The number of anilines is 2. The predicted molar refractivity (Wildman–Crippen MR) is 163 cm³/mol. The van der Waals surface area contributed by atoms with Crippen molar-refractivity contribution in [1.82, 2.24) is 10.3 Å². The second kappa shape index (κ2) is 13.6. The zero-order valence-corrected chi connectivity index (χ0v) is 25.7. The molecule has 0 aliphatic heterocycles. The third-order valence-electron chi connectivity index (χ3n) is 6.86. The van der Waals surface area contributed by atoms with Crippen molar-refractivity contribution in [1.29, 1.82) is 0 Å². The maximum absolute atomic E-state index is 13.4. The molecule has 2 amide bonds. The number of carbonyl (C=O) groups is 3. The van der Waals surface area contributed by atoms with E-state index in [0.717, 1.165) is 22.5 Å². The molecule has 228 valence electrons. The van der Waals surface area contributed by atoms with Crippen LogP contribution in [0.3, 0.4) is 0 Å². The minimum absolute atomic E-state index is 0.174. The van der Waals surface area contributed by atoms with E-state index in [9.17, 15) is 19.2 Å². The molecule has 0 saturated heterocycles. The molecule has 2 aromatic carbocycles. The number of aryl methyl sites for hydroxylation is 2. The van der Waals surface area contributed by atoms with Crippen LogP contribution in [0, 0.1) is 6.92 Å². The first-order chi connectivity index (χ1) is 20.6. The number of amides is 2. The molecule has 0 spiro atoms. The average Bonchev–Trinajstić information content (AvgIpc) is 3.17. The Balaban J connectivity index is 1.69. The topological polar surface area (TPSA) is 154 Å². The standard InChI is InChI=1S/C30H34N4O8S/c1-7-42-29(38)28-15(2)32-30(43-28)34-24(37)14-31-21-11-9-18-19(13-22(21)36)20(33-16(3)35)10-8-17-12-23(39-4)26(40-5)27(41-6)25(17)18/h9,11-13,20H,7-8,10,14H2,1-6H3,(H,31,36)(H,33,35)(H,32,34,37). The van der Waals surface area contributed by atoms with Crippen molar-refractivity contribution in [3.05, 3.63) is 56.2 Å². The van der Waals surface area contributed by atoms with E-state index < -0.39 is 17.9 Å². The van der Waals surface area contributed by atoms with Gasteiger partial charge in [-0.2, -0.15) is 0 Å². The number of ether oxygens (including phenoxy) is 4. The second-order valence-corrected chi connectivity index (χ2v) is 10.7. The van der Waals surface area contributed by atoms with Gasteiger partial charge < -0.3 is 34.9 Å². The molecular weight excluding hydrogens is 576 g/mol. The van der Waals surface area contributed by atoms with E-state index in [1.54, 1.807) is 33.1 Å². The Kier molecular flexibility index (Phi) is 9.86. The Morgan fingerprint density at radius 3 is 2.47 bits per heavy atom. The number of nitrogens with zero attached hydrogens (tertiary/aromatic N) is 1. The van der Waals surface area contributed by atoms with E-state index in [-0.39, 0.29) is 35.3 Å². The highest BCUT2D eigenvalue weighted by molar-refractivity contribution is 7.17. The van der Waals surface area contributed by atoms with Crippen molar-refractivity contribution in [3.8, 4) is 28.4 Å². The van der Waals surface area contributed by atoms with Crippen LogP contribution in [0.25, 0.3) is 11.1 Å². The van der Waals surface area contributed by atoms with Crippen molar-refractivity contribution >= 4 is 39.9 Å². The predicted octanol–water partition coefficient (Wildman–Crippen LogP) is 3.86. The van der Waals surface area contributed by atoms with Crippen LogP contribution in [0.4, 0.5) is 10.8 Å². The molecule has 1 atom stereocenters. The fourth-order valence-corrected chi connectivity index (χ4v) is 5.91. The van der Waals surface area contributed by atoms with Crippen LogP contribution >= 0.6 is 11.3 Å². The third kappa shape index (κ3) is 6.72. The highest BCUT2D eigenvalue weighted by Crippen LogP contribution is 2.50. The van der Waals surface area contributed by atoms with Crippen molar-refractivity contribution in [2.45, 2.75) is 39.7 Å². The molecule has 3 N–H and O–H groups in total. The van der Waals surface area contributed by atoms with Crippen LogP contribution in [0.15, 0.2) is 29.1 Å². The summed E-state index contributed by atoms with van der Waals surface area (Å²) in [7, 11) is 4.59. The summed E-state index contributed by atoms with van der Waals surface area (Å²) in [6.07, 6.45) is 1.09. The molecule has 43 heavy (non-hydrogen) atoms. The average molecular weight is 611 g/mol. The molecule has 1 aliphatic carbocycles. The van der Waals surface area contributed by atoms with Gasteiger partial charge in [0.15, 0.2) is 16.6 Å². The number of thiazole rings is 1. The van der Waals surface area contributed by atoms with Crippen molar-refractivity contribution in [3.63, 3.8) is 0 Å². The number of esters is 1. The van der Waals surface area contributed by atoms with Crippen molar-refractivity contribution in [2.24, 2.45) is 0 Å². The molecule has 0 radical (unpaired) electrons. The molecule has 0 bridgehead atoms. The van der Waals surface area contributed by atoms with Gasteiger partial charge in [0.1, 0.15) is 4.88 Å². The molecule has 0 saturated carbocycles. The Morgan fingerprint density at radius 2 is 1.81 bits per heavy atom. The second-order valence-electron chi connectivity index (χ2n) is 9.65. The number of methoxy groups -OCH3 is 3. The summed E-state index contributed by atoms with van der Waals surface area (Å²) in [6.45, 7) is 4.77. The van der Waals surface area contributed by atoms with Gasteiger partial charge in [-0.25, -0.2) is 9.78 Å². The molecule has 0 fully saturated rings. The number of hydrogen-bond donors (Lipinski definition) is 3. The number of fused-ring (bicyclic) bond motifs is 3. The lowest BCUT2D eigenvalue weighted by atomic mass is 9.95. The molecule has 3 aromatic rings. The van der Waals surface area contributed by atoms with Crippen LogP contribution in [0.1, 0.15) is 52.8 Å². The molecule has 12 nitrogen and oxygen atoms in total.